The van der Waals surface area contributed by atoms with Gasteiger partial charge >= 0.3 is 0 Å². The van der Waals surface area contributed by atoms with Gasteiger partial charge in [0.2, 0.25) is 5.91 Å². The number of pyridine rings is 1. The van der Waals surface area contributed by atoms with Crippen LogP contribution in [0.4, 0.5) is 0 Å². The van der Waals surface area contributed by atoms with Gasteiger partial charge in [0.25, 0.3) is 0 Å². The average molecular weight is 276 g/mol. The Balaban J connectivity index is 1.83. The van der Waals surface area contributed by atoms with Crippen LogP contribution in [0.25, 0.3) is 11.3 Å². The van der Waals surface area contributed by atoms with Crippen molar-refractivity contribution in [2.24, 2.45) is 5.73 Å². The molecular formula is C13H16N4OS. The van der Waals surface area contributed by atoms with Crippen molar-refractivity contribution < 1.29 is 4.79 Å². The average Bonchev–Trinajstić information content (AvgIpc) is 2.93. The van der Waals surface area contributed by atoms with Gasteiger partial charge in [-0.2, -0.15) is 0 Å². The van der Waals surface area contributed by atoms with E-state index in [1.54, 1.807) is 23.7 Å². The molecule has 0 aliphatic rings. The van der Waals surface area contributed by atoms with E-state index in [-0.39, 0.29) is 12.5 Å². The maximum atomic E-state index is 11.0. The summed E-state index contributed by atoms with van der Waals surface area (Å²) >= 11 is 1.64. The quantitative estimate of drug-likeness (QED) is 0.777. The van der Waals surface area contributed by atoms with E-state index in [0.29, 0.717) is 6.54 Å². The highest BCUT2D eigenvalue weighted by atomic mass is 32.1. The molecule has 0 saturated carbocycles. The van der Waals surface area contributed by atoms with Gasteiger partial charge in [-0.25, -0.2) is 4.98 Å². The van der Waals surface area contributed by atoms with Gasteiger partial charge in [-0.1, -0.05) is 0 Å². The molecule has 19 heavy (non-hydrogen) atoms. The van der Waals surface area contributed by atoms with Gasteiger partial charge in [-0.15, -0.1) is 11.3 Å². The zero-order valence-corrected chi connectivity index (χ0v) is 11.3. The topological polar surface area (TPSA) is 80.9 Å². The molecule has 100 valence electrons. The van der Waals surface area contributed by atoms with Gasteiger partial charge in [0.1, 0.15) is 0 Å². The van der Waals surface area contributed by atoms with E-state index in [2.05, 4.69) is 15.3 Å². The van der Waals surface area contributed by atoms with Crippen LogP contribution in [0.5, 0.6) is 0 Å². The summed E-state index contributed by atoms with van der Waals surface area (Å²) in [7, 11) is 0. The molecule has 0 radical (unpaired) electrons. The highest BCUT2D eigenvalue weighted by Crippen LogP contribution is 2.21. The van der Waals surface area contributed by atoms with Crippen LogP contribution in [0.15, 0.2) is 29.9 Å². The van der Waals surface area contributed by atoms with Crippen LogP contribution in [0.2, 0.25) is 0 Å². The van der Waals surface area contributed by atoms with Gasteiger partial charge in [-0.05, 0) is 18.6 Å². The number of hydrogen-bond donors (Lipinski definition) is 2. The molecule has 0 aliphatic heterocycles. The monoisotopic (exact) mass is 276 g/mol. The third-order valence-corrected chi connectivity index (χ3v) is 3.51. The number of amides is 1. The van der Waals surface area contributed by atoms with Gasteiger partial charge in [-0.3, -0.25) is 9.78 Å². The second-order valence-electron chi connectivity index (χ2n) is 4.02. The Hall–Kier alpha value is -1.79. The van der Waals surface area contributed by atoms with E-state index in [1.807, 2.05) is 17.5 Å². The first-order valence-electron chi connectivity index (χ1n) is 6.11. The summed E-state index contributed by atoms with van der Waals surface area (Å²) in [5, 5.41) is 5.87. The second kappa shape index (κ2) is 6.96. The molecule has 0 saturated heterocycles. The lowest BCUT2D eigenvalue weighted by atomic mass is 10.2. The summed E-state index contributed by atoms with van der Waals surface area (Å²) in [5.74, 6) is -0.114. The van der Waals surface area contributed by atoms with Gasteiger partial charge in [0.15, 0.2) is 0 Å². The summed E-state index contributed by atoms with van der Waals surface area (Å²) in [6.07, 6.45) is 5.25. The van der Waals surface area contributed by atoms with E-state index in [9.17, 15) is 4.79 Å². The lowest BCUT2D eigenvalue weighted by Gasteiger charge is -2.01. The smallest absolute Gasteiger partial charge is 0.233 e. The molecule has 2 rings (SSSR count). The third kappa shape index (κ3) is 4.11. The number of aromatic nitrogens is 2. The molecule has 0 spiro atoms. The van der Waals surface area contributed by atoms with Gasteiger partial charge in [0.05, 0.1) is 17.2 Å². The fraction of sp³-hybridized carbons (Fsp3) is 0.308. The molecular weight excluding hydrogens is 260 g/mol. The fourth-order valence-corrected chi connectivity index (χ4v) is 2.47. The predicted octanol–water partition coefficient (Wildman–Crippen LogP) is 1.21. The number of hydrogen-bond acceptors (Lipinski definition) is 5. The molecule has 2 aromatic heterocycles. The molecule has 5 nitrogen and oxygen atoms in total. The number of carbonyl (C=O) groups excluding carboxylic acids is 1. The second-order valence-corrected chi connectivity index (χ2v) is 4.96. The Morgan fingerprint density at radius 2 is 2.16 bits per heavy atom. The minimum atomic E-state index is -0.114. The summed E-state index contributed by atoms with van der Waals surface area (Å²) in [6, 6.07) is 3.89. The van der Waals surface area contributed by atoms with Crippen LogP contribution < -0.4 is 11.1 Å². The number of aryl methyl sites for hydroxylation is 1. The first-order valence-corrected chi connectivity index (χ1v) is 6.99. The predicted molar refractivity (Wildman–Crippen MR) is 75.7 cm³/mol. The molecule has 0 aliphatic carbocycles. The molecule has 0 bridgehead atoms. The molecule has 0 fully saturated rings. The van der Waals surface area contributed by atoms with E-state index in [4.69, 9.17) is 5.73 Å². The van der Waals surface area contributed by atoms with Crippen LogP contribution >= 0.6 is 11.3 Å². The van der Waals surface area contributed by atoms with Gasteiger partial charge < -0.3 is 11.1 Å². The SMILES string of the molecule is NCC(=O)NCCCc1nc(-c2ccncc2)cs1. The normalized spacial score (nSPS) is 10.4. The fourth-order valence-electron chi connectivity index (χ4n) is 1.62. The highest BCUT2D eigenvalue weighted by Gasteiger charge is 2.04. The van der Waals surface area contributed by atoms with Crippen LogP contribution in [-0.4, -0.2) is 29.0 Å². The van der Waals surface area contributed by atoms with E-state index in [0.717, 1.165) is 29.1 Å². The molecule has 0 aromatic carbocycles. The largest absolute Gasteiger partial charge is 0.355 e. The highest BCUT2D eigenvalue weighted by molar-refractivity contribution is 7.09. The van der Waals surface area contributed by atoms with Crippen molar-refractivity contribution in [1.82, 2.24) is 15.3 Å². The number of carbonyl (C=O) groups is 1. The van der Waals surface area contributed by atoms with E-state index >= 15 is 0 Å². The van der Waals surface area contributed by atoms with Crippen molar-refractivity contribution >= 4 is 17.2 Å². The lowest BCUT2D eigenvalue weighted by molar-refractivity contribution is -0.119. The van der Waals surface area contributed by atoms with Crippen molar-refractivity contribution in [3.63, 3.8) is 0 Å². The van der Waals surface area contributed by atoms with Crippen LogP contribution in [-0.2, 0) is 11.2 Å². The first kappa shape index (κ1) is 13.6. The Morgan fingerprint density at radius 1 is 1.37 bits per heavy atom. The number of nitrogens with zero attached hydrogens (tertiary/aromatic N) is 2. The van der Waals surface area contributed by atoms with Crippen molar-refractivity contribution in [3.8, 4) is 11.3 Å². The standard InChI is InChI=1S/C13H16N4OS/c14-8-12(18)16-5-1-2-13-17-11(9-19-13)10-3-6-15-7-4-10/h3-4,6-7,9H,1-2,5,8,14H2,(H,16,18). The maximum absolute atomic E-state index is 11.0. The molecule has 2 heterocycles. The Kier molecular flexibility index (Phi) is 5.00. The van der Waals surface area contributed by atoms with E-state index in [1.165, 1.54) is 0 Å². The Morgan fingerprint density at radius 3 is 2.89 bits per heavy atom. The Labute approximate surface area is 115 Å². The summed E-state index contributed by atoms with van der Waals surface area (Å²) < 4.78 is 0. The zero-order chi connectivity index (χ0) is 13.5. The zero-order valence-electron chi connectivity index (χ0n) is 10.5. The number of rotatable bonds is 6. The summed E-state index contributed by atoms with van der Waals surface area (Å²) in [6.45, 7) is 0.684. The van der Waals surface area contributed by atoms with Crippen LogP contribution in [0.1, 0.15) is 11.4 Å². The minimum Gasteiger partial charge on any atom is -0.355 e. The summed E-state index contributed by atoms with van der Waals surface area (Å²) in [4.78, 5) is 19.5. The van der Waals surface area contributed by atoms with Crippen molar-refractivity contribution in [1.29, 1.82) is 0 Å². The maximum Gasteiger partial charge on any atom is 0.233 e. The van der Waals surface area contributed by atoms with Crippen LogP contribution in [0.3, 0.4) is 0 Å². The Bertz CT molecular complexity index is 526. The van der Waals surface area contributed by atoms with Gasteiger partial charge in [0, 0.05) is 36.3 Å². The lowest BCUT2D eigenvalue weighted by Crippen LogP contribution is -2.31. The molecule has 6 heteroatoms. The third-order valence-electron chi connectivity index (χ3n) is 2.60. The van der Waals surface area contributed by atoms with Crippen molar-refractivity contribution in [3.05, 3.63) is 34.9 Å². The molecule has 0 atom stereocenters. The van der Waals surface area contributed by atoms with Crippen molar-refractivity contribution in [2.75, 3.05) is 13.1 Å². The molecule has 1 amide bonds. The minimum absolute atomic E-state index is 0.0451. The first-order chi connectivity index (χ1) is 9.29. The van der Waals surface area contributed by atoms with E-state index < -0.39 is 0 Å². The van der Waals surface area contributed by atoms with Crippen LogP contribution in [0, 0.1) is 0 Å². The molecule has 2 aromatic rings. The number of nitrogens with two attached hydrogens (primary N) is 1. The van der Waals surface area contributed by atoms with Crippen molar-refractivity contribution in [2.45, 2.75) is 12.8 Å². The summed E-state index contributed by atoms with van der Waals surface area (Å²) in [5.41, 5.74) is 7.26. The molecule has 0 unspecified atom stereocenters. The number of nitrogens with one attached hydrogen (secondary N) is 1. The molecule has 3 N–H and O–H groups in total. The number of thiazole rings is 1.